The summed E-state index contributed by atoms with van der Waals surface area (Å²) in [4.78, 5) is 34.6. The van der Waals surface area contributed by atoms with Gasteiger partial charge in [0.15, 0.2) is 5.16 Å². The number of nitrogens with zero attached hydrogens (tertiary/aromatic N) is 4. The van der Waals surface area contributed by atoms with Gasteiger partial charge in [-0.15, -0.1) is 0 Å². The van der Waals surface area contributed by atoms with Gasteiger partial charge in [-0.25, -0.2) is 4.98 Å². The Morgan fingerprint density at radius 3 is 2.55 bits per heavy atom. The molecular formula is C23H25ClN4O2S. The average Bonchev–Trinajstić information content (AvgIpc) is 2.77. The molecule has 1 aliphatic heterocycles. The van der Waals surface area contributed by atoms with E-state index in [1.807, 2.05) is 61.2 Å². The fourth-order valence-electron chi connectivity index (χ4n) is 3.79. The Hall–Kier alpha value is -2.51. The minimum Gasteiger partial charge on any atom is -0.368 e. The smallest absolute Gasteiger partial charge is 0.262 e. The van der Waals surface area contributed by atoms with Crippen LogP contribution in [0.15, 0.2) is 58.5 Å². The molecule has 2 heterocycles. The van der Waals surface area contributed by atoms with E-state index in [-0.39, 0.29) is 23.3 Å². The van der Waals surface area contributed by atoms with Gasteiger partial charge in [0.25, 0.3) is 5.56 Å². The second-order valence-electron chi connectivity index (χ2n) is 7.82. The molecular weight excluding hydrogens is 432 g/mol. The maximum atomic E-state index is 12.9. The lowest BCUT2D eigenvalue weighted by molar-refractivity contribution is -0.128. The van der Waals surface area contributed by atoms with Gasteiger partial charge in [0.05, 0.1) is 16.7 Å². The molecule has 8 heteroatoms. The third-order valence-electron chi connectivity index (χ3n) is 5.42. The molecule has 3 aromatic rings. The standard InChI is InChI=1S/C23H25ClN4O2S/c1-16(2)28-22(30)19-8-3-4-9-20(19)25-23(28)31-15-21(29)27-12-10-26(11-13-27)18-7-5-6-17(24)14-18/h3-9,14,16H,10-13,15H2,1-2H3. The van der Waals surface area contributed by atoms with Crippen LogP contribution in [0.1, 0.15) is 19.9 Å². The van der Waals surface area contributed by atoms with Crippen molar-refractivity contribution in [3.8, 4) is 0 Å². The number of halogens is 1. The van der Waals surface area contributed by atoms with Crippen LogP contribution in [0.3, 0.4) is 0 Å². The van der Waals surface area contributed by atoms with Crippen molar-refractivity contribution in [3.05, 3.63) is 63.9 Å². The monoisotopic (exact) mass is 456 g/mol. The van der Waals surface area contributed by atoms with Crippen molar-refractivity contribution in [3.63, 3.8) is 0 Å². The van der Waals surface area contributed by atoms with E-state index < -0.39 is 0 Å². The van der Waals surface area contributed by atoms with E-state index in [0.29, 0.717) is 34.2 Å². The van der Waals surface area contributed by atoms with Gasteiger partial charge in [-0.05, 0) is 44.2 Å². The quantitative estimate of drug-likeness (QED) is 0.428. The third kappa shape index (κ3) is 4.72. The van der Waals surface area contributed by atoms with Crippen LogP contribution in [0.25, 0.3) is 10.9 Å². The molecule has 1 aliphatic rings. The average molecular weight is 457 g/mol. The van der Waals surface area contributed by atoms with E-state index in [4.69, 9.17) is 11.6 Å². The van der Waals surface area contributed by atoms with Crippen molar-refractivity contribution in [2.75, 3.05) is 36.8 Å². The highest BCUT2D eigenvalue weighted by Gasteiger charge is 2.22. The summed E-state index contributed by atoms with van der Waals surface area (Å²) in [6.07, 6.45) is 0. The fourth-order valence-corrected chi connectivity index (χ4v) is 5.00. The second-order valence-corrected chi connectivity index (χ2v) is 9.20. The van der Waals surface area contributed by atoms with E-state index in [1.165, 1.54) is 11.8 Å². The summed E-state index contributed by atoms with van der Waals surface area (Å²) in [5.74, 6) is 0.322. The molecule has 1 fully saturated rings. The largest absolute Gasteiger partial charge is 0.368 e. The number of piperazine rings is 1. The number of carbonyl (C=O) groups is 1. The summed E-state index contributed by atoms with van der Waals surface area (Å²) in [5.41, 5.74) is 1.68. The Labute approximate surface area is 190 Å². The van der Waals surface area contributed by atoms with E-state index in [9.17, 15) is 9.59 Å². The summed E-state index contributed by atoms with van der Waals surface area (Å²) in [6.45, 7) is 6.77. The zero-order valence-electron chi connectivity index (χ0n) is 17.6. The minimum absolute atomic E-state index is 0.0385. The minimum atomic E-state index is -0.0642. The number of thioether (sulfide) groups is 1. The van der Waals surface area contributed by atoms with Crippen molar-refractivity contribution < 1.29 is 4.79 Å². The highest BCUT2D eigenvalue weighted by molar-refractivity contribution is 7.99. The molecule has 0 saturated carbocycles. The van der Waals surface area contributed by atoms with Crippen molar-refractivity contribution in [2.45, 2.75) is 25.0 Å². The molecule has 0 aliphatic carbocycles. The van der Waals surface area contributed by atoms with Crippen molar-refractivity contribution in [2.24, 2.45) is 0 Å². The summed E-state index contributed by atoms with van der Waals surface area (Å²) in [7, 11) is 0. The molecule has 162 valence electrons. The Kier molecular flexibility index (Phi) is 6.53. The van der Waals surface area contributed by atoms with Gasteiger partial charge in [0, 0.05) is 42.9 Å². The number of anilines is 1. The molecule has 0 spiro atoms. The maximum Gasteiger partial charge on any atom is 0.262 e. The summed E-state index contributed by atoms with van der Waals surface area (Å²) in [6, 6.07) is 15.1. The van der Waals surface area contributed by atoms with Gasteiger partial charge in [-0.1, -0.05) is 41.6 Å². The van der Waals surface area contributed by atoms with Crippen LogP contribution >= 0.6 is 23.4 Å². The molecule has 0 unspecified atom stereocenters. The van der Waals surface area contributed by atoms with Gasteiger partial charge in [0.2, 0.25) is 5.91 Å². The Balaban J connectivity index is 1.43. The second kappa shape index (κ2) is 9.32. The SMILES string of the molecule is CC(C)n1c(SCC(=O)N2CCN(c3cccc(Cl)c3)CC2)nc2ccccc2c1=O. The number of carbonyl (C=O) groups excluding carboxylic acids is 1. The predicted octanol–water partition coefficient (Wildman–Crippen LogP) is 4.07. The first kappa shape index (κ1) is 21.7. The van der Waals surface area contributed by atoms with E-state index in [0.717, 1.165) is 18.8 Å². The van der Waals surface area contributed by atoms with E-state index in [1.54, 1.807) is 10.6 Å². The number of fused-ring (bicyclic) bond motifs is 1. The molecule has 31 heavy (non-hydrogen) atoms. The molecule has 0 N–H and O–H groups in total. The highest BCUT2D eigenvalue weighted by atomic mass is 35.5. The van der Waals surface area contributed by atoms with Crippen LogP contribution in [0.2, 0.25) is 5.02 Å². The zero-order chi connectivity index (χ0) is 22.0. The normalized spacial score (nSPS) is 14.5. The first-order chi connectivity index (χ1) is 14.9. The third-order valence-corrected chi connectivity index (χ3v) is 6.59. The van der Waals surface area contributed by atoms with Crippen molar-refractivity contribution >= 4 is 45.9 Å². The molecule has 0 radical (unpaired) electrons. The Morgan fingerprint density at radius 1 is 1.10 bits per heavy atom. The number of hydrogen-bond donors (Lipinski definition) is 0. The molecule has 2 aromatic carbocycles. The molecule has 1 saturated heterocycles. The summed E-state index contributed by atoms with van der Waals surface area (Å²) < 4.78 is 1.68. The van der Waals surface area contributed by atoms with E-state index >= 15 is 0 Å². The van der Waals surface area contributed by atoms with Crippen LogP contribution in [0.4, 0.5) is 5.69 Å². The molecule has 1 aromatic heterocycles. The molecule has 1 amide bonds. The number of hydrogen-bond acceptors (Lipinski definition) is 5. The van der Waals surface area contributed by atoms with Crippen LogP contribution in [0.5, 0.6) is 0 Å². The predicted molar refractivity (Wildman–Crippen MR) is 127 cm³/mol. The van der Waals surface area contributed by atoms with Crippen molar-refractivity contribution in [1.82, 2.24) is 14.5 Å². The van der Waals surface area contributed by atoms with Gasteiger partial charge >= 0.3 is 0 Å². The number of benzene rings is 2. The highest BCUT2D eigenvalue weighted by Crippen LogP contribution is 2.23. The maximum absolute atomic E-state index is 12.9. The van der Waals surface area contributed by atoms with Crippen LogP contribution in [0, 0.1) is 0 Å². The first-order valence-electron chi connectivity index (χ1n) is 10.4. The van der Waals surface area contributed by atoms with Crippen LogP contribution < -0.4 is 10.5 Å². The van der Waals surface area contributed by atoms with Gasteiger partial charge in [0.1, 0.15) is 0 Å². The number of para-hydroxylation sites is 1. The first-order valence-corrected chi connectivity index (χ1v) is 11.7. The number of aromatic nitrogens is 2. The fraction of sp³-hybridized carbons (Fsp3) is 0.348. The Bertz CT molecular complexity index is 1160. The molecule has 4 rings (SSSR count). The lowest BCUT2D eigenvalue weighted by Crippen LogP contribution is -2.49. The Morgan fingerprint density at radius 2 is 1.84 bits per heavy atom. The molecule has 0 atom stereocenters. The van der Waals surface area contributed by atoms with Crippen molar-refractivity contribution in [1.29, 1.82) is 0 Å². The molecule has 6 nitrogen and oxygen atoms in total. The topological polar surface area (TPSA) is 58.4 Å². The summed E-state index contributed by atoms with van der Waals surface area (Å²) >= 11 is 7.44. The zero-order valence-corrected chi connectivity index (χ0v) is 19.2. The molecule has 0 bridgehead atoms. The lowest BCUT2D eigenvalue weighted by Gasteiger charge is -2.36. The summed E-state index contributed by atoms with van der Waals surface area (Å²) in [5, 5.41) is 1.90. The number of amides is 1. The van der Waals surface area contributed by atoms with E-state index in [2.05, 4.69) is 9.88 Å². The van der Waals surface area contributed by atoms with Gasteiger partial charge in [-0.3, -0.25) is 14.2 Å². The number of rotatable bonds is 5. The van der Waals surface area contributed by atoms with Gasteiger partial charge in [-0.2, -0.15) is 0 Å². The van der Waals surface area contributed by atoms with Gasteiger partial charge < -0.3 is 9.80 Å². The lowest BCUT2D eigenvalue weighted by atomic mass is 10.2. The van der Waals surface area contributed by atoms with Crippen LogP contribution in [-0.4, -0.2) is 52.3 Å². The van der Waals surface area contributed by atoms with Crippen LogP contribution in [-0.2, 0) is 4.79 Å².